The van der Waals surface area contributed by atoms with Gasteiger partial charge >= 0.3 is 0 Å². The highest BCUT2D eigenvalue weighted by atomic mass is 19.1. The molecule has 2 nitrogen and oxygen atoms in total. The highest BCUT2D eigenvalue weighted by Gasteiger charge is 2.16. The van der Waals surface area contributed by atoms with E-state index in [0.29, 0.717) is 0 Å². The summed E-state index contributed by atoms with van der Waals surface area (Å²) in [6.07, 6.45) is 7.65. The van der Waals surface area contributed by atoms with Gasteiger partial charge in [0.25, 0.3) is 0 Å². The Kier molecular flexibility index (Phi) is 4.29. The number of hydrogen-bond acceptors (Lipinski definition) is 2. The molecule has 2 unspecified atom stereocenters. The summed E-state index contributed by atoms with van der Waals surface area (Å²) in [7, 11) is 0. The standard InChI is InChI=1S/C14H18FNO/c15-12-6-4-5-11(9-12)14(10-17)16-13-7-2-1-3-8-13/h2,4-7,9,13-14,16-17H,1,3,8,10H2. The van der Waals surface area contributed by atoms with Gasteiger partial charge < -0.3 is 10.4 Å². The van der Waals surface area contributed by atoms with Gasteiger partial charge in [0.2, 0.25) is 0 Å². The summed E-state index contributed by atoms with van der Waals surface area (Å²) in [5.74, 6) is -0.262. The molecule has 1 aliphatic rings. The third kappa shape index (κ3) is 3.38. The van der Waals surface area contributed by atoms with Gasteiger partial charge in [-0.15, -0.1) is 0 Å². The second-order valence-corrected chi connectivity index (χ2v) is 4.42. The van der Waals surface area contributed by atoms with Crippen LogP contribution in [0.4, 0.5) is 4.39 Å². The van der Waals surface area contributed by atoms with Crippen LogP contribution in [-0.4, -0.2) is 17.8 Å². The lowest BCUT2D eigenvalue weighted by atomic mass is 10.00. The Hall–Kier alpha value is -1.19. The van der Waals surface area contributed by atoms with Crippen LogP contribution in [0.15, 0.2) is 36.4 Å². The molecule has 0 fully saturated rings. The summed E-state index contributed by atoms with van der Waals surface area (Å²) in [4.78, 5) is 0. The van der Waals surface area contributed by atoms with E-state index in [0.717, 1.165) is 24.8 Å². The van der Waals surface area contributed by atoms with Crippen molar-refractivity contribution in [1.29, 1.82) is 0 Å². The molecular formula is C14H18FNO. The molecule has 0 saturated carbocycles. The predicted molar refractivity (Wildman–Crippen MR) is 66.1 cm³/mol. The van der Waals surface area contributed by atoms with Crippen molar-refractivity contribution >= 4 is 0 Å². The molecule has 2 atom stereocenters. The average Bonchev–Trinajstić information content (AvgIpc) is 2.37. The minimum absolute atomic E-state index is 0.0200. The third-order valence-corrected chi connectivity index (χ3v) is 3.10. The fourth-order valence-corrected chi connectivity index (χ4v) is 2.19. The maximum absolute atomic E-state index is 13.1. The fraction of sp³-hybridized carbons (Fsp3) is 0.429. The van der Waals surface area contributed by atoms with E-state index < -0.39 is 0 Å². The molecule has 2 N–H and O–H groups in total. The van der Waals surface area contributed by atoms with E-state index in [2.05, 4.69) is 17.5 Å². The molecule has 92 valence electrons. The Morgan fingerprint density at radius 1 is 1.47 bits per heavy atom. The Bertz CT molecular complexity index is 392. The summed E-state index contributed by atoms with van der Waals surface area (Å²) >= 11 is 0. The highest BCUT2D eigenvalue weighted by molar-refractivity contribution is 5.21. The first-order valence-electron chi connectivity index (χ1n) is 6.08. The van der Waals surface area contributed by atoms with E-state index in [4.69, 9.17) is 0 Å². The van der Waals surface area contributed by atoms with Crippen LogP contribution < -0.4 is 5.32 Å². The molecule has 0 spiro atoms. The van der Waals surface area contributed by atoms with Crippen molar-refractivity contribution in [3.63, 3.8) is 0 Å². The SMILES string of the molecule is OCC(NC1C=CCCC1)c1cccc(F)c1. The molecule has 2 rings (SSSR count). The van der Waals surface area contributed by atoms with Gasteiger partial charge in [-0.1, -0.05) is 24.3 Å². The van der Waals surface area contributed by atoms with Crippen LogP contribution in [0.2, 0.25) is 0 Å². The first-order chi connectivity index (χ1) is 8.29. The Labute approximate surface area is 101 Å². The molecule has 0 heterocycles. The van der Waals surface area contributed by atoms with Crippen LogP contribution >= 0.6 is 0 Å². The second kappa shape index (κ2) is 5.94. The number of aliphatic hydroxyl groups is 1. The quantitative estimate of drug-likeness (QED) is 0.786. The minimum Gasteiger partial charge on any atom is -0.394 e. The fourth-order valence-electron chi connectivity index (χ4n) is 2.19. The molecule has 0 bridgehead atoms. The molecule has 17 heavy (non-hydrogen) atoms. The van der Waals surface area contributed by atoms with Crippen molar-refractivity contribution in [1.82, 2.24) is 5.32 Å². The molecule has 0 aliphatic heterocycles. The van der Waals surface area contributed by atoms with Gasteiger partial charge in [0, 0.05) is 6.04 Å². The van der Waals surface area contributed by atoms with Gasteiger partial charge in [0.1, 0.15) is 5.82 Å². The summed E-state index contributed by atoms with van der Waals surface area (Å²) in [6.45, 7) is -0.0200. The van der Waals surface area contributed by atoms with E-state index in [-0.39, 0.29) is 24.5 Å². The largest absolute Gasteiger partial charge is 0.394 e. The monoisotopic (exact) mass is 235 g/mol. The maximum atomic E-state index is 13.1. The van der Waals surface area contributed by atoms with Crippen molar-refractivity contribution in [2.75, 3.05) is 6.61 Å². The van der Waals surface area contributed by atoms with Gasteiger partial charge in [-0.05, 0) is 37.0 Å². The normalized spacial score (nSPS) is 21.4. The molecule has 0 saturated heterocycles. The van der Waals surface area contributed by atoms with Crippen LogP contribution in [-0.2, 0) is 0 Å². The van der Waals surface area contributed by atoms with Gasteiger partial charge in [-0.2, -0.15) is 0 Å². The Morgan fingerprint density at radius 3 is 3.00 bits per heavy atom. The van der Waals surface area contributed by atoms with Gasteiger partial charge in [0.05, 0.1) is 12.6 Å². The van der Waals surface area contributed by atoms with E-state index in [9.17, 15) is 9.50 Å². The van der Waals surface area contributed by atoms with E-state index in [1.54, 1.807) is 6.07 Å². The zero-order valence-electron chi connectivity index (χ0n) is 9.77. The highest BCUT2D eigenvalue weighted by Crippen LogP contribution is 2.18. The van der Waals surface area contributed by atoms with Crippen LogP contribution in [0.1, 0.15) is 30.9 Å². The molecule has 1 aliphatic carbocycles. The summed E-state index contributed by atoms with van der Waals surface area (Å²) < 4.78 is 13.1. The molecule has 0 aromatic heterocycles. The van der Waals surface area contributed by atoms with Crippen molar-refractivity contribution in [3.05, 3.63) is 47.8 Å². The number of allylic oxidation sites excluding steroid dienone is 1. The molecule has 0 amide bonds. The molecule has 0 radical (unpaired) electrons. The third-order valence-electron chi connectivity index (χ3n) is 3.10. The Balaban J connectivity index is 2.05. The summed E-state index contributed by atoms with van der Waals surface area (Å²) in [5, 5.41) is 12.7. The second-order valence-electron chi connectivity index (χ2n) is 4.42. The molecule has 1 aromatic rings. The van der Waals surface area contributed by atoms with Crippen LogP contribution in [0.5, 0.6) is 0 Å². The number of hydrogen-bond donors (Lipinski definition) is 2. The zero-order chi connectivity index (χ0) is 12.1. The molecule has 1 aromatic carbocycles. The lowest BCUT2D eigenvalue weighted by Crippen LogP contribution is -2.34. The van der Waals surface area contributed by atoms with Crippen molar-refractivity contribution < 1.29 is 9.50 Å². The average molecular weight is 235 g/mol. The van der Waals surface area contributed by atoms with Crippen LogP contribution in [0, 0.1) is 5.82 Å². The van der Waals surface area contributed by atoms with Crippen molar-refractivity contribution in [2.24, 2.45) is 0 Å². The number of benzene rings is 1. The van der Waals surface area contributed by atoms with Gasteiger partial charge in [-0.25, -0.2) is 4.39 Å². The van der Waals surface area contributed by atoms with Crippen LogP contribution in [0.25, 0.3) is 0 Å². The van der Waals surface area contributed by atoms with Gasteiger partial charge in [-0.3, -0.25) is 0 Å². The first-order valence-corrected chi connectivity index (χ1v) is 6.08. The van der Waals surface area contributed by atoms with Crippen molar-refractivity contribution in [2.45, 2.75) is 31.3 Å². The van der Waals surface area contributed by atoms with Crippen LogP contribution in [0.3, 0.4) is 0 Å². The number of rotatable bonds is 4. The van der Waals surface area contributed by atoms with E-state index in [1.807, 2.05) is 6.07 Å². The van der Waals surface area contributed by atoms with Gasteiger partial charge in [0.15, 0.2) is 0 Å². The number of halogens is 1. The topological polar surface area (TPSA) is 32.3 Å². The Morgan fingerprint density at radius 2 is 2.35 bits per heavy atom. The number of nitrogens with one attached hydrogen (secondary N) is 1. The minimum atomic E-state index is -0.262. The predicted octanol–water partition coefficient (Wildman–Crippen LogP) is 2.56. The lowest BCUT2D eigenvalue weighted by Gasteiger charge is -2.24. The van der Waals surface area contributed by atoms with E-state index in [1.165, 1.54) is 12.1 Å². The zero-order valence-corrected chi connectivity index (χ0v) is 9.77. The summed E-state index contributed by atoms with van der Waals surface area (Å²) in [5.41, 5.74) is 0.798. The molecule has 3 heteroatoms. The maximum Gasteiger partial charge on any atom is 0.123 e. The van der Waals surface area contributed by atoms with Crippen molar-refractivity contribution in [3.8, 4) is 0 Å². The number of aliphatic hydroxyl groups excluding tert-OH is 1. The first kappa shape index (κ1) is 12.3. The smallest absolute Gasteiger partial charge is 0.123 e. The summed E-state index contributed by atoms with van der Waals surface area (Å²) in [6, 6.07) is 6.48. The van der Waals surface area contributed by atoms with E-state index >= 15 is 0 Å². The molecular weight excluding hydrogens is 217 g/mol. The lowest BCUT2D eigenvalue weighted by molar-refractivity contribution is 0.235.